The molecular weight excluding hydrogens is 228 g/mol. The number of rotatable bonds is 3. The van der Waals surface area contributed by atoms with Gasteiger partial charge < -0.3 is 16.2 Å². The largest absolute Gasteiger partial charge is 0.388 e. The van der Waals surface area contributed by atoms with Crippen molar-refractivity contribution in [1.29, 1.82) is 0 Å². The van der Waals surface area contributed by atoms with Crippen molar-refractivity contribution in [2.75, 3.05) is 17.6 Å². The number of nitrogen functional groups attached to an aromatic ring is 1. The minimum absolute atomic E-state index is 0.354. The average Bonchev–Trinajstić information content (AvgIpc) is 2.33. The number of nitrogens with two attached hydrogens (primary N) is 1. The third kappa shape index (κ3) is 3.32. The molecule has 1 saturated carbocycles. The van der Waals surface area contributed by atoms with Crippen LogP contribution in [0.3, 0.4) is 0 Å². The van der Waals surface area contributed by atoms with Gasteiger partial charge in [0.1, 0.15) is 11.6 Å². The fourth-order valence-corrected chi connectivity index (χ4v) is 2.25. The topological polar surface area (TPSA) is 84.1 Å². The Morgan fingerprint density at radius 2 is 1.89 bits per heavy atom. The minimum Gasteiger partial charge on any atom is -0.388 e. The molecule has 0 atom stereocenters. The van der Waals surface area contributed by atoms with E-state index >= 15 is 0 Å². The molecule has 2 rings (SSSR count). The van der Waals surface area contributed by atoms with Crippen molar-refractivity contribution in [2.45, 2.75) is 45.1 Å². The van der Waals surface area contributed by atoms with Crippen molar-refractivity contribution in [1.82, 2.24) is 9.97 Å². The molecule has 0 radical (unpaired) electrons. The fraction of sp³-hybridized carbons (Fsp3) is 0.692. The molecule has 0 aliphatic heterocycles. The molecule has 4 N–H and O–H groups in total. The van der Waals surface area contributed by atoms with Crippen LogP contribution in [0.1, 0.15) is 39.5 Å². The van der Waals surface area contributed by atoms with Gasteiger partial charge in [-0.1, -0.05) is 13.8 Å². The lowest BCUT2D eigenvalue weighted by Gasteiger charge is -2.40. The van der Waals surface area contributed by atoms with Crippen LogP contribution >= 0.6 is 0 Å². The zero-order valence-corrected chi connectivity index (χ0v) is 11.1. The van der Waals surface area contributed by atoms with Crippen molar-refractivity contribution in [3.05, 3.63) is 12.4 Å². The van der Waals surface area contributed by atoms with E-state index in [1.54, 1.807) is 6.20 Å². The van der Waals surface area contributed by atoms with Crippen LogP contribution in [0.15, 0.2) is 12.4 Å². The third-order valence-corrected chi connectivity index (χ3v) is 3.80. The molecular formula is C13H22N4O. The number of aromatic nitrogens is 2. The van der Waals surface area contributed by atoms with E-state index in [0.717, 1.165) is 25.7 Å². The summed E-state index contributed by atoms with van der Waals surface area (Å²) in [5.41, 5.74) is 5.20. The van der Waals surface area contributed by atoms with Crippen LogP contribution in [0, 0.1) is 5.41 Å². The Balaban J connectivity index is 1.88. The molecule has 100 valence electrons. The molecule has 5 heteroatoms. The SMILES string of the molecule is CC1(C)CCC(O)(CNc2cnc(N)cn2)CC1. The molecule has 1 aromatic heterocycles. The first kappa shape index (κ1) is 13.1. The summed E-state index contributed by atoms with van der Waals surface area (Å²) in [7, 11) is 0. The Hall–Kier alpha value is -1.36. The highest BCUT2D eigenvalue weighted by atomic mass is 16.3. The van der Waals surface area contributed by atoms with Gasteiger partial charge in [0, 0.05) is 6.54 Å². The van der Waals surface area contributed by atoms with Crippen molar-refractivity contribution in [3.63, 3.8) is 0 Å². The van der Waals surface area contributed by atoms with Gasteiger partial charge in [0.15, 0.2) is 0 Å². The van der Waals surface area contributed by atoms with Gasteiger partial charge in [0.25, 0.3) is 0 Å². The Morgan fingerprint density at radius 1 is 1.22 bits per heavy atom. The third-order valence-electron chi connectivity index (χ3n) is 3.80. The monoisotopic (exact) mass is 250 g/mol. The molecule has 0 unspecified atom stereocenters. The molecule has 0 amide bonds. The maximum Gasteiger partial charge on any atom is 0.144 e. The van der Waals surface area contributed by atoms with Crippen LogP contribution in [0.5, 0.6) is 0 Å². The van der Waals surface area contributed by atoms with Gasteiger partial charge in [0.05, 0.1) is 18.0 Å². The average molecular weight is 250 g/mol. The standard InChI is InChI=1S/C13H22N4O/c1-12(2)3-5-13(18,6-4-12)9-17-11-8-15-10(14)7-16-11/h7-8,18H,3-6,9H2,1-2H3,(H2,14,15)(H,16,17). The molecule has 0 aromatic carbocycles. The van der Waals surface area contributed by atoms with Gasteiger partial charge in [-0.15, -0.1) is 0 Å². The zero-order chi connectivity index (χ0) is 13.2. The summed E-state index contributed by atoms with van der Waals surface area (Å²) < 4.78 is 0. The van der Waals surface area contributed by atoms with Gasteiger partial charge in [-0.2, -0.15) is 0 Å². The summed E-state index contributed by atoms with van der Waals surface area (Å²) in [5, 5.41) is 13.6. The van der Waals surface area contributed by atoms with Gasteiger partial charge in [-0.25, -0.2) is 9.97 Å². The number of aliphatic hydroxyl groups is 1. The highest BCUT2D eigenvalue weighted by molar-refractivity contribution is 5.36. The van der Waals surface area contributed by atoms with E-state index in [0.29, 0.717) is 23.6 Å². The molecule has 1 aliphatic carbocycles. The highest BCUT2D eigenvalue weighted by Gasteiger charge is 2.36. The van der Waals surface area contributed by atoms with Crippen LogP contribution in [0.2, 0.25) is 0 Å². The second-order valence-electron chi connectivity index (χ2n) is 6.07. The van der Waals surface area contributed by atoms with Crippen LogP contribution in [0.25, 0.3) is 0 Å². The Morgan fingerprint density at radius 3 is 2.44 bits per heavy atom. The molecule has 1 heterocycles. The lowest BCUT2D eigenvalue weighted by Crippen LogP contribution is -2.42. The fourth-order valence-electron chi connectivity index (χ4n) is 2.25. The first-order chi connectivity index (χ1) is 8.39. The van der Waals surface area contributed by atoms with Gasteiger partial charge >= 0.3 is 0 Å². The van der Waals surface area contributed by atoms with E-state index in [1.807, 2.05) is 0 Å². The molecule has 0 spiro atoms. The number of nitrogens with zero attached hydrogens (tertiary/aromatic N) is 2. The second kappa shape index (κ2) is 4.72. The number of nitrogens with one attached hydrogen (secondary N) is 1. The van der Waals surface area contributed by atoms with E-state index in [4.69, 9.17) is 5.73 Å². The summed E-state index contributed by atoms with van der Waals surface area (Å²) >= 11 is 0. The molecule has 1 fully saturated rings. The van der Waals surface area contributed by atoms with Gasteiger partial charge in [-0.3, -0.25) is 0 Å². The van der Waals surface area contributed by atoms with Crippen molar-refractivity contribution < 1.29 is 5.11 Å². The van der Waals surface area contributed by atoms with E-state index < -0.39 is 5.60 Å². The summed E-state index contributed by atoms with van der Waals surface area (Å²) in [6.07, 6.45) is 6.86. The summed E-state index contributed by atoms with van der Waals surface area (Å²) in [6, 6.07) is 0. The smallest absolute Gasteiger partial charge is 0.144 e. The molecule has 1 aliphatic rings. The number of anilines is 2. The molecule has 0 saturated heterocycles. The number of hydrogen-bond donors (Lipinski definition) is 3. The first-order valence-corrected chi connectivity index (χ1v) is 6.42. The normalized spacial score (nSPS) is 21.5. The van der Waals surface area contributed by atoms with E-state index in [-0.39, 0.29) is 0 Å². The van der Waals surface area contributed by atoms with Crippen LogP contribution in [0.4, 0.5) is 11.6 Å². The summed E-state index contributed by atoms with van der Waals surface area (Å²) in [5.74, 6) is 1.06. The van der Waals surface area contributed by atoms with Gasteiger partial charge in [-0.05, 0) is 31.1 Å². The molecule has 18 heavy (non-hydrogen) atoms. The van der Waals surface area contributed by atoms with Crippen molar-refractivity contribution >= 4 is 11.6 Å². The maximum absolute atomic E-state index is 10.5. The molecule has 5 nitrogen and oxygen atoms in total. The Kier molecular flexibility index (Phi) is 3.43. The molecule has 1 aromatic rings. The quantitative estimate of drug-likeness (QED) is 0.762. The van der Waals surface area contributed by atoms with E-state index in [1.165, 1.54) is 6.20 Å². The van der Waals surface area contributed by atoms with Crippen LogP contribution in [-0.4, -0.2) is 27.2 Å². The van der Waals surface area contributed by atoms with E-state index in [9.17, 15) is 5.11 Å². The molecule has 0 bridgehead atoms. The van der Waals surface area contributed by atoms with Crippen LogP contribution < -0.4 is 11.1 Å². The highest BCUT2D eigenvalue weighted by Crippen LogP contribution is 2.40. The Labute approximate surface area is 108 Å². The summed E-state index contributed by atoms with van der Waals surface area (Å²) in [4.78, 5) is 8.07. The zero-order valence-electron chi connectivity index (χ0n) is 11.1. The van der Waals surface area contributed by atoms with Gasteiger partial charge in [0.2, 0.25) is 0 Å². The minimum atomic E-state index is -0.626. The maximum atomic E-state index is 10.5. The predicted octanol–water partition coefficient (Wildman–Crippen LogP) is 1.80. The van der Waals surface area contributed by atoms with Crippen molar-refractivity contribution in [2.24, 2.45) is 5.41 Å². The lowest BCUT2D eigenvalue weighted by molar-refractivity contribution is -0.0145. The second-order valence-corrected chi connectivity index (χ2v) is 6.07. The van der Waals surface area contributed by atoms with E-state index in [2.05, 4.69) is 29.1 Å². The first-order valence-electron chi connectivity index (χ1n) is 6.42. The summed E-state index contributed by atoms with van der Waals surface area (Å²) in [6.45, 7) is 5.03. The predicted molar refractivity (Wildman–Crippen MR) is 72.1 cm³/mol. The van der Waals surface area contributed by atoms with Crippen LogP contribution in [-0.2, 0) is 0 Å². The lowest BCUT2D eigenvalue weighted by atomic mass is 9.71. The Bertz CT molecular complexity index is 392. The van der Waals surface area contributed by atoms with Crippen molar-refractivity contribution in [3.8, 4) is 0 Å². The number of hydrogen-bond acceptors (Lipinski definition) is 5.